The van der Waals surface area contributed by atoms with Gasteiger partial charge in [-0.15, -0.1) is 0 Å². The molecule has 3 rings (SSSR count). The van der Waals surface area contributed by atoms with E-state index >= 15 is 0 Å². The van der Waals surface area contributed by atoms with Crippen LogP contribution in [-0.2, 0) is 29.1 Å². The number of carbonyl (C=O) groups excluding carboxylic acids is 1. The molecule has 1 aromatic heterocycles. The molecule has 1 aliphatic rings. The molecule has 0 fully saturated rings. The molecule has 1 N–H and O–H groups in total. The zero-order valence-electron chi connectivity index (χ0n) is 14.3. The Hall–Kier alpha value is -3.00. The van der Waals surface area contributed by atoms with Crippen molar-refractivity contribution >= 4 is 11.9 Å². The van der Waals surface area contributed by atoms with E-state index in [-0.39, 0.29) is 5.91 Å². The van der Waals surface area contributed by atoms with Crippen LogP contribution >= 0.6 is 0 Å². The highest BCUT2D eigenvalue weighted by molar-refractivity contribution is 5.94. The summed E-state index contributed by atoms with van der Waals surface area (Å²) in [6.07, 6.45) is 2.42. The Morgan fingerprint density at radius 1 is 1.27 bits per heavy atom. The number of ether oxygens (including phenoxy) is 2. The van der Waals surface area contributed by atoms with Crippen LogP contribution in [0.25, 0.3) is 0 Å². The smallest absolute Gasteiger partial charge is 0.341 e. The second-order valence-electron chi connectivity index (χ2n) is 5.87. The van der Waals surface area contributed by atoms with Crippen LogP contribution in [0.1, 0.15) is 27.4 Å². The third-order valence-corrected chi connectivity index (χ3v) is 4.01. The summed E-state index contributed by atoms with van der Waals surface area (Å²) in [6.45, 7) is 0.985. The van der Waals surface area contributed by atoms with E-state index in [0.717, 1.165) is 11.3 Å². The van der Waals surface area contributed by atoms with Gasteiger partial charge in [0.05, 0.1) is 5.69 Å². The molecule has 0 saturated carbocycles. The molecule has 8 nitrogen and oxygen atoms in total. The average Bonchev–Trinajstić information content (AvgIpc) is 2.66. The SMILES string of the molecule is COCc1ncc2c(n1)CCN(C(=O)c1ccc(OCC(=O)O)cc1)C2. The van der Waals surface area contributed by atoms with Crippen molar-refractivity contribution in [2.24, 2.45) is 0 Å². The third-order valence-electron chi connectivity index (χ3n) is 4.01. The third kappa shape index (κ3) is 4.15. The van der Waals surface area contributed by atoms with Gasteiger partial charge in [-0.2, -0.15) is 0 Å². The first kappa shape index (κ1) is 17.8. The fourth-order valence-corrected chi connectivity index (χ4v) is 2.75. The fourth-order valence-electron chi connectivity index (χ4n) is 2.75. The molecule has 0 radical (unpaired) electrons. The van der Waals surface area contributed by atoms with Crippen LogP contribution in [0, 0.1) is 0 Å². The molecule has 0 bridgehead atoms. The first-order valence-corrected chi connectivity index (χ1v) is 8.13. The van der Waals surface area contributed by atoms with E-state index in [1.807, 2.05) is 0 Å². The molecule has 8 heteroatoms. The van der Waals surface area contributed by atoms with Crippen LogP contribution < -0.4 is 4.74 Å². The van der Waals surface area contributed by atoms with E-state index in [1.165, 1.54) is 0 Å². The second-order valence-corrected chi connectivity index (χ2v) is 5.87. The van der Waals surface area contributed by atoms with Crippen molar-refractivity contribution < 1.29 is 24.2 Å². The zero-order valence-corrected chi connectivity index (χ0v) is 14.3. The standard InChI is InChI=1S/C18H19N3O5/c1-25-10-16-19-8-13-9-21(7-6-15(13)20-16)18(24)12-2-4-14(5-3-12)26-11-17(22)23/h2-5,8H,6-7,9-11H2,1H3,(H,22,23). The van der Waals surface area contributed by atoms with Gasteiger partial charge in [0.15, 0.2) is 12.4 Å². The lowest BCUT2D eigenvalue weighted by atomic mass is 10.1. The molecule has 0 saturated heterocycles. The zero-order chi connectivity index (χ0) is 18.5. The normalized spacial score (nSPS) is 13.2. The summed E-state index contributed by atoms with van der Waals surface area (Å²) in [5.74, 6) is -0.0931. The fraction of sp³-hybridized carbons (Fsp3) is 0.333. The van der Waals surface area contributed by atoms with Gasteiger partial charge in [-0.25, -0.2) is 14.8 Å². The average molecular weight is 357 g/mol. The number of nitrogens with zero attached hydrogens (tertiary/aromatic N) is 3. The molecule has 26 heavy (non-hydrogen) atoms. The van der Waals surface area contributed by atoms with Gasteiger partial charge in [0.25, 0.3) is 5.91 Å². The molecule has 2 heterocycles. The Bertz CT molecular complexity index is 807. The minimum absolute atomic E-state index is 0.0959. The molecule has 2 aromatic rings. The lowest BCUT2D eigenvalue weighted by Crippen LogP contribution is -2.36. The number of hydrogen-bond acceptors (Lipinski definition) is 6. The maximum Gasteiger partial charge on any atom is 0.341 e. The molecule has 0 spiro atoms. The number of aromatic nitrogens is 2. The predicted molar refractivity (Wildman–Crippen MR) is 90.8 cm³/mol. The lowest BCUT2D eigenvalue weighted by Gasteiger charge is -2.28. The summed E-state index contributed by atoms with van der Waals surface area (Å²) < 4.78 is 10.1. The minimum atomic E-state index is -1.05. The van der Waals surface area contributed by atoms with Crippen LogP contribution in [-0.4, -0.2) is 52.1 Å². The number of carboxylic acids is 1. The molecule has 0 aliphatic carbocycles. The molecule has 1 aliphatic heterocycles. The molecule has 0 unspecified atom stereocenters. The summed E-state index contributed by atoms with van der Waals surface area (Å²) in [4.78, 5) is 33.7. The summed E-state index contributed by atoms with van der Waals surface area (Å²) in [5.41, 5.74) is 2.41. The van der Waals surface area contributed by atoms with Crippen molar-refractivity contribution in [2.75, 3.05) is 20.3 Å². The Morgan fingerprint density at radius 3 is 2.73 bits per heavy atom. The van der Waals surface area contributed by atoms with E-state index in [0.29, 0.717) is 43.3 Å². The van der Waals surface area contributed by atoms with Crippen LogP contribution in [0.5, 0.6) is 5.75 Å². The summed E-state index contributed by atoms with van der Waals surface area (Å²) in [7, 11) is 1.60. The predicted octanol–water partition coefficient (Wildman–Crippen LogP) is 1.28. The summed E-state index contributed by atoms with van der Waals surface area (Å²) in [6, 6.07) is 6.45. The number of benzene rings is 1. The van der Waals surface area contributed by atoms with Crippen molar-refractivity contribution in [1.29, 1.82) is 0 Å². The monoisotopic (exact) mass is 357 g/mol. The number of hydrogen-bond donors (Lipinski definition) is 1. The van der Waals surface area contributed by atoms with Gasteiger partial charge in [0.2, 0.25) is 0 Å². The molecule has 136 valence electrons. The quantitative estimate of drug-likeness (QED) is 0.831. The summed E-state index contributed by atoms with van der Waals surface area (Å²) >= 11 is 0. The lowest BCUT2D eigenvalue weighted by molar-refractivity contribution is -0.139. The maximum absolute atomic E-state index is 12.7. The van der Waals surface area contributed by atoms with Gasteiger partial charge in [0, 0.05) is 43.9 Å². The van der Waals surface area contributed by atoms with Gasteiger partial charge in [-0.05, 0) is 24.3 Å². The second kappa shape index (κ2) is 7.92. The number of rotatable bonds is 6. The highest BCUT2D eigenvalue weighted by Crippen LogP contribution is 2.20. The van der Waals surface area contributed by atoms with Crippen molar-refractivity contribution in [3.8, 4) is 5.75 Å². The van der Waals surface area contributed by atoms with Gasteiger partial charge >= 0.3 is 5.97 Å². The number of carbonyl (C=O) groups is 2. The Morgan fingerprint density at radius 2 is 2.04 bits per heavy atom. The van der Waals surface area contributed by atoms with Crippen molar-refractivity contribution in [2.45, 2.75) is 19.6 Å². The van der Waals surface area contributed by atoms with E-state index in [9.17, 15) is 9.59 Å². The number of methoxy groups -OCH3 is 1. The van der Waals surface area contributed by atoms with Crippen molar-refractivity contribution in [3.63, 3.8) is 0 Å². The Labute approximate surface area is 150 Å². The molecule has 1 amide bonds. The maximum atomic E-state index is 12.7. The van der Waals surface area contributed by atoms with E-state index < -0.39 is 12.6 Å². The first-order valence-electron chi connectivity index (χ1n) is 8.13. The van der Waals surface area contributed by atoms with Gasteiger partial charge in [-0.3, -0.25) is 4.79 Å². The summed E-state index contributed by atoms with van der Waals surface area (Å²) in [5, 5.41) is 8.61. The van der Waals surface area contributed by atoms with Gasteiger partial charge in [-0.1, -0.05) is 0 Å². The highest BCUT2D eigenvalue weighted by Gasteiger charge is 2.23. The van der Waals surface area contributed by atoms with Gasteiger partial charge < -0.3 is 19.5 Å². The van der Waals surface area contributed by atoms with Gasteiger partial charge in [0.1, 0.15) is 12.4 Å². The van der Waals surface area contributed by atoms with E-state index in [1.54, 1.807) is 42.5 Å². The topological polar surface area (TPSA) is 102 Å². The highest BCUT2D eigenvalue weighted by atomic mass is 16.5. The number of aliphatic carboxylic acids is 1. The van der Waals surface area contributed by atoms with Crippen molar-refractivity contribution in [1.82, 2.24) is 14.9 Å². The number of fused-ring (bicyclic) bond motifs is 1. The van der Waals surface area contributed by atoms with E-state index in [4.69, 9.17) is 14.6 Å². The molecule has 0 atom stereocenters. The van der Waals surface area contributed by atoms with E-state index in [2.05, 4.69) is 9.97 Å². The number of amides is 1. The minimum Gasteiger partial charge on any atom is -0.482 e. The van der Waals surface area contributed by atoms with Crippen molar-refractivity contribution in [3.05, 3.63) is 53.1 Å². The van der Waals surface area contributed by atoms with Crippen LogP contribution in [0.15, 0.2) is 30.5 Å². The number of carboxylic acid groups (broad SMARTS) is 1. The van der Waals surface area contributed by atoms with Crippen LogP contribution in [0.4, 0.5) is 0 Å². The van der Waals surface area contributed by atoms with Crippen LogP contribution in [0.2, 0.25) is 0 Å². The largest absolute Gasteiger partial charge is 0.482 e. The first-order chi connectivity index (χ1) is 12.6. The molecular weight excluding hydrogens is 338 g/mol. The Balaban J connectivity index is 1.66. The molecule has 1 aromatic carbocycles. The molecular formula is C18H19N3O5. The van der Waals surface area contributed by atoms with Crippen LogP contribution in [0.3, 0.4) is 0 Å². The Kier molecular flexibility index (Phi) is 5.43.